The smallest absolute Gasteiger partial charge is 0.250 e. The number of hydrogen-bond acceptors (Lipinski definition) is 4. The van der Waals surface area contributed by atoms with Crippen LogP contribution in [0.3, 0.4) is 0 Å². The van der Waals surface area contributed by atoms with E-state index in [1.807, 2.05) is 0 Å². The van der Waals surface area contributed by atoms with Gasteiger partial charge in [-0.1, -0.05) is 30.3 Å². The monoisotopic (exact) mass is 344 g/mol. The molecule has 1 aromatic carbocycles. The summed E-state index contributed by atoms with van der Waals surface area (Å²) in [7, 11) is 0. The van der Waals surface area contributed by atoms with Gasteiger partial charge >= 0.3 is 0 Å². The number of amides is 1. The van der Waals surface area contributed by atoms with Gasteiger partial charge in [0.2, 0.25) is 0 Å². The van der Waals surface area contributed by atoms with Crippen LogP contribution in [0, 0.1) is 5.92 Å². The van der Waals surface area contributed by atoms with E-state index in [2.05, 4.69) is 35.2 Å². The Morgan fingerprint density at radius 2 is 2.04 bits per heavy atom. The molecular weight excluding hydrogens is 316 g/mol. The first-order chi connectivity index (χ1) is 12.3. The summed E-state index contributed by atoms with van der Waals surface area (Å²) in [5.74, 6) is 0.145. The molecule has 0 aliphatic carbocycles. The highest BCUT2D eigenvalue weighted by atomic mass is 16.7. The second kappa shape index (κ2) is 7.85. The SMILES string of the molecule is O=C([C@H]1C[C@H]2OCC[C@H]2N(CCc2ccccc2)C1)N1CCCCO1. The molecular formula is C20H28N2O3. The van der Waals surface area contributed by atoms with Gasteiger partial charge in [-0.2, -0.15) is 0 Å². The summed E-state index contributed by atoms with van der Waals surface area (Å²) < 4.78 is 5.95. The molecule has 0 unspecified atom stereocenters. The van der Waals surface area contributed by atoms with Gasteiger partial charge in [-0.15, -0.1) is 0 Å². The lowest BCUT2D eigenvalue weighted by Gasteiger charge is -2.41. The number of benzene rings is 1. The predicted molar refractivity (Wildman–Crippen MR) is 94.9 cm³/mol. The normalized spacial score (nSPS) is 30.2. The van der Waals surface area contributed by atoms with Crippen molar-refractivity contribution in [3.8, 4) is 0 Å². The molecule has 4 rings (SSSR count). The molecule has 1 aromatic rings. The van der Waals surface area contributed by atoms with Crippen LogP contribution in [0.15, 0.2) is 30.3 Å². The molecule has 3 fully saturated rings. The molecule has 0 saturated carbocycles. The van der Waals surface area contributed by atoms with Crippen molar-refractivity contribution in [2.75, 3.05) is 32.8 Å². The number of fused-ring (bicyclic) bond motifs is 1. The first kappa shape index (κ1) is 17.0. The number of hydrogen-bond donors (Lipinski definition) is 0. The van der Waals surface area contributed by atoms with Gasteiger partial charge in [-0.05, 0) is 37.7 Å². The molecule has 136 valence electrons. The summed E-state index contributed by atoms with van der Waals surface area (Å²) in [4.78, 5) is 21.0. The zero-order valence-electron chi connectivity index (χ0n) is 14.8. The number of nitrogens with zero attached hydrogens (tertiary/aromatic N) is 2. The summed E-state index contributed by atoms with van der Waals surface area (Å²) in [6.45, 7) is 4.03. The minimum atomic E-state index is -0.00627. The lowest BCUT2D eigenvalue weighted by molar-refractivity contribution is -0.204. The fraction of sp³-hybridized carbons (Fsp3) is 0.650. The topological polar surface area (TPSA) is 42.0 Å². The first-order valence-corrected chi connectivity index (χ1v) is 9.65. The molecule has 0 N–H and O–H groups in total. The summed E-state index contributed by atoms with van der Waals surface area (Å²) in [5.41, 5.74) is 1.35. The van der Waals surface area contributed by atoms with Crippen molar-refractivity contribution in [1.82, 2.24) is 9.96 Å². The summed E-state index contributed by atoms with van der Waals surface area (Å²) in [6.07, 6.45) is 5.23. The number of ether oxygens (including phenoxy) is 1. The molecule has 0 radical (unpaired) electrons. The van der Waals surface area contributed by atoms with Gasteiger partial charge in [-0.3, -0.25) is 14.5 Å². The maximum absolute atomic E-state index is 12.9. The molecule has 3 heterocycles. The molecule has 0 bridgehead atoms. The maximum Gasteiger partial charge on any atom is 0.250 e. The Hall–Kier alpha value is -1.43. The van der Waals surface area contributed by atoms with Gasteiger partial charge < -0.3 is 4.74 Å². The van der Waals surface area contributed by atoms with E-state index in [0.29, 0.717) is 12.6 Å². The third kappa shape index (κ3) is 3.89. The highest BCUT2D eigenvalue weighted by Crippen LogP contribution is 2.32. The second-order valence-corrected chi connectivity index (χ2v) is 7.41. The Bertz CT molecular complexity index is 574. The van der Waals surface area contributed by atoms with Crippen molar-refractivity contribution in [2.45, 2.75) is 44.2 Å². The van der Waals surface area contributed by atoms with Crippen LogP contribution in [-0.4, -0.2) is 60.9 Å². The Morgan fingerprint density at radius 3 is 2.84 bits per heavy atom. The Kier molecular flexibility index (Phi) is 5.34. The fourth-order valence-electron chi connectivity index (χ4n) is 4.38. The first-order valence-electron chi connectivity index (χ1n) is 9.65. The third-order valence-corrected chi connectivity index (χ3v) is 5.74. The van der Waals surface area contributed by atoms with Crippen LogP contribution in [0.1, 0.15) is 31.2 Å². The summed E-state index contributed by atoms with van der Waals surface area (Å²) >= 11 is 0. The molecule has 5 heteroatoms. The van der Waals surface area contributed by atoms with Crippen molar-refractivity contribution in [3.05, 3.63) is 35.9 Å². The average molecular weight is 344 g/mol. The van der Waals surface area contributed by atoms with E-state index >= 15 is 0 Å². The van der Waals surface area contributed by atoms with E-state index in [0.717, 1.165) is 58.3 Å². The van der Waals surface area contributed by atoms with E-state index in [-0.39, 0.29) is 17.9 Å². The zero-order valence-corrected chi connectivity index (χ0v) is 14.8. The van der Waals surface area contributed by atoms with Crippen molar-refractivity contribution >= 4 is 5.91 Å². The standard InChI is InChI=1S/C20H28N2O3/c23-20(22-10-4-5-12-25-22)17-14-19-18(9-13-24-19)21(15-17)11-8-16-6-2-1-3-7-16/h1-3,6-7,17-19H,4-5,8-15H2/t17-,18+,19+/m0/s1. The van der Waals surface area contributed by atoms with Crippen molar-refractivity contribution < 1.29 is 14.4 Å². The molecule has 3 aliphatic heterocycles. The minimum absolute atomic E-state index is 0.00627. The number of rotatable bonds is 4. The van der Waals surface area contributed by atoms with Gasteiger partial charge in [0.15, 0.2) is 0 Å². The molecule has 5 nitrogen and oxygen atoms in total. The van der Waals surface area contributed by atoms with Gasteiger partial charge in [0, 0.05) is 32.3 Å². The molecule has 1 amide bonds. The van der Waals surface area contributed by atoms with Crippen molar-refractivity contribution in [3.63, 3.8) is 0 Å². The van der Waals surface area contributed by atoms with Gasteiger partial charge in [0.05, 0.1) is 18.6 Å². The number of hydroxylamine groups is 2. The number of piperidine rings is 1. The molecule has 3 aliphatic rings. The second-order valence-electron chi connectivity index (χ2n) is 7.41. The third-order valence-electron chi connectivity index (χ3n) is 5.74. The number of carbonyl (C=O) groups is 1. The van der Waals surface area contributed by atoms with Gasteiger partial charge in [-0.25, -0.2) is 5.06 Å². The van der Waals surface area contributed by atoms with Gasteiger partial charge in [0.1, 0.15) is 0 Å². The predicted octanol–water partition coefficient (Wildman–Crippen LogP) is 2.26. The Labute approximate surface area is 149 Å². The van der Waals surface area contributed by atoms with Gasteiger partial charge in [0.25, 0.3) is 5.91 Å². The van der Waals surface area contributed by atoms with E-state index in [9.17, 15) is 4.79 Å². The van der Waals surface area contributed by atoms with Crippen LogP contribution < -0.4 is 0 Å². The highest BCUT2D eigenvalue weighted by molar-refractivity contribution is 5.78. The maximum atomic E-state index is 12.9. The number of carbonyl (C=O) groups excluding carboxylic acids is 1. The Morgan fingerprint density at radius 1 is 1.16 bits per heavy atom. The van der Waals surface area contributed by atoms with Crippen LogP contribution in [0.2, 0.25) is 0 Å². The lowest BCUT2D eigenvalue weighted by atomic mass is 9.89. The van der Waals surface area contributed by atoms with Crippen LogP contribution in [0.4, 0.5) is 0 Å². The van der Waals surface area contributed by atoms with E-state index in [1.54, 1.807) is 5.06 Å². The quantitative estimate of drug-likeness (QED) is 0.840. The Balaban J connectivity index is 1.41. The summed E-state index contributed by atoms with van der Waals surface area (Å²) in [6, 6.07) is 11.1. The average Bonchev–Trinajstić information content (AvgIpc) is 3.16. The molecule has 25 heavy (non-hydrogen) atoms. The minimum Gasteiger partial charge on any atom is -0.377 e. The molecule has 0 spiro atoms. The highest BCUT2D eigenvalue weighted by Gasteiger charge is 2.43. The van der Waals surface area contributed by atoms with Crippen molar-refractivity contribution in [2.24, 2.45) is 5.92 Å². The van der Waals surface area contributed by atoms with Crippen molar-refractivity contribution in [1.29, 1.82) is 0 Å². The number of likely N-dealkylation sites (tertiary alicyclic amines) is 1. The van der Waals surface area contributed by atoms with Crippen LogP contribution >= 0.6 is 0 Å². The van der Waals surface area contributed by atoms with Crippen LogP contribution in [-0.2, 0) is 20.8 Å². The van der Waals surface area contributed by atoms with Crippen LogP contribution in [0.25, 0.3) is 0 Å². The largest absolute Gasteiger partial charge is 0.377 e. The van der Waals surface area contributed by atoms with E-state index in [1.165, 1.54) is 5.56 Å². The fourth-order valence-corrected chi connectivity index (χ4v) is 4.38. The lowest BCUT2D eigenvalue weighted by Crippen LogP contribution is -2.54. The summed E-state index contributed by atoms with van der Waals surface area (Å²) in [5, 5.41) is 1.61. The van der Waals surface area contributed by atoms with Crippen LogP contribution in [0.5, 0.6) is 0 Å². The molecule has 3 saturated heterocycles. The zero-order chi connectivity index (χ0) is 17.1. The van der Waals surface area contributed by atoms with E-state index in [4.69, 9.17) is 9.57 Å². The van der Waals surface area contributed by atoms with E-state index < -0.39 is 0 Å². The molecule has 0 aromatic heterocycles. The molecule has 3 atom stereocenters.